The Kier molecular flexibility index (Phi) is 2.73. The molecule has 0 aromatic heterocycles. The molecule has 1 atom stereocenters. The van der Waals surface area contributed by atoms with Crippen molar-refractivity contribution < 1.29 is 15.3 Å². The van der Waals surface area contributed by atoms with Gasteiger partial charge >= 0.3 is 0 Å². The maximum absolute atomic E-state index is 9.44. The molecule has 0 aliphatic carbocycles. The minimum atomic E-state index is -0.246. The Morgan fingerprint density at radius 3 is 2.58 bits per heavy atom. The van der Waals surface area contributed by atoms with Gasteiger partial charge in [0.1, 0.15) is 5.76 Å². The fraction of sp³-hybridized carbons (Fsp3) is 0.500. The fourth-order valence-electron chi connectivity index (χ4n) is 1.14. The Balaban J connectivity index is 2.95. The molecule has 1 aliphatic rings. The summed E-state index contributed by atoms with van der Waals surface area (Å²) in [6.07, 6.45) is 1.61. The molecular formula is C8H13NO3. The molecule has 4 nitrogen and oxygen atoms in total. The van der Waals surface area contributed by atoms with Crippen LogP contribution in [-0.4, -0.2) is 34.6 Å². The summed E-state index contributed by atoms with van der Waals surface area (Å²) in [7, 11) is 0. The summed E-state index contributed by atoms with van der Waals surface area (Å²) in [5.41, 5.74) is 0.955. The Bertz CT molecular complexity index is 232. The lowest BCUT2D eigenvalue weighted by molar-refractivity contribution is 0.282. The van der Waals surface area contributed by atoms with Crippen LogP contribution in [0.3, 0.4) is 0 Å². The largest absolute Gasteiger partial charge is 0.510 e. The molecule has 1 rings (SSSR count). The Morgan fingerprint density at radius 1 is 1.42 bits per heavy atom. The normalized spacial score (nSPS) is 23.6. The number of hydrogen-bond donors (Lipinski definition) is 4. The van der Waals surface area contributed by atoms with E-state index < -0.39 is 0 Å². The zero-order chi connectivity index (χ0) is 9.14. The summed E-state index contributed by atoms with van der Waals surface area (Å²) in [4.78, 5) is 0. The van der Waals surface area contributed by atoms with E-state index in [2.05, 4.69) is 5.32 Å². The van der Waals surface area contributed by atoms with Gasteiger partial charge in [0, 0.05) is 17.3 Å². The smallest absolute Gasteiger partial charge is 0.120 e. The van der Waals surface area contributed by atoms with Gasteiger partial charge in [-0.1, -0.05) is 0 Å². The molecule has 1 heterocycles. The molecule has 0 fully saturated rings. The van der Waals surface area contributed by atoms with Gasteiger partial charge < -0.3 is 20.6 Å². The minimum Gasteiger partial charge on any atom is -0.510 e. The monoisotopic (exact) mass is 171 g/mol. The van der Waals surface area contributed by atoms with Crippen molar-refractivity contribution in [3.63, 3.8) is 0 Å². The zero-order valence-electron chi connectivity index (χ0n) is 6.91. The minimum absolute atomic E-state index is 0.101. The summed E-state index contributed by atoms with van der Waals surface area (Å²) in [5.74, 6) is 0.101. The van der Waals surface area contributed by atoms with E-state index >= 15 is 0 Å². The second-order valence-electron chi connectivity index (χ2n) is 2.74. The van der Waals surface area contributed by atoms with Crippen molar-refractivity contribution in [1.29, 1.82) is 0 Å². The highest BCUT2D eigenvalue weighted by molar-refractivity contribution is 5.38. The van der Waals surface area contributed by atoms with Crippen LogP contribution in [0.1, 0.15) is 6.92 Å². The van der Waals surface area contributed by atoms with Gasteiger partial charge in [0.2, 0.25) is 0 Å². The van der Waals surface area contributed by atoms with Crippen molar-refractivity contribution in [2.24, 2.45) is 0 Å². The van der Waals surface area contributed by atoms with Crippen LogP contribution in [0.2, 0.25) is 0 Å². The zero-order valence-corrected chi connectivity index (χ0v) is 6.91. The molecule has 0 saturated heterocycles. The van der Waals surface area contributed by atoms with Gasteiger partial charge in [-0.25, -0.2) is 0 Å². The van der Waals surface area contributed by atoms with Crippen molar-refractivity contribution >= 4 is 0 Å². The van der Waals surface area contributed by atoms with Gasteiger partial charge in [0.25, 0.3) is 0 Å². The van der Waals surface area contributed by atoms with E-state index in [1.165, 1.54) is 0 Å². The van der Waals surface area contributed by atoms with Crippen LogP contribution in [0.4, 0.5) is 0 Å². The molecular weight excluding hydrogens is 158 g/mol. The predicted octanol–water partition coefficient (Wildman–Crippen LogP) is -0.341. The molecule has 68 valence electrons. The SMILES string of the molecule is CC1NC=C(CO)C(CO)=C1O. The van der Waals surface area contributed by atoms with Crippen LogP contribution >= 0.6 is 0 Å². The fourth-order valence-corrected chi connectivity index (χ4v) is 1.14. The number of hydrogen-bond acceptors (Lipinski definition) is 4. The average Bonchev–Trinajstić information content (AvgIpc) is 2.09. The van der Waals surface area contributed by atoms with E-state index in [1.807, 2.05) is 0 Å². The Morgan fingerprint density at radius 2 is 2.08 bits per heavy atom. The summed E-state index contributed by atoms with van der Waals surface area (Å²) in [6.45, 7) is 1.35. The van der Waals surface area contributed by atoms with Crippen molar-refractivity contribution in [2.45, 2.75) is 13.0 Å². The third-order valence-electron chi connectivity index (χ3n) is 1.94. The van der Waals surface area contributed by atoms with E-state index in [0.717, 1.165) is 0 Å². The first-order valence-corrected chi connectivity index (χ1v) is 3.80. The molecule has 0 bridgehead atoms. The molecule has 4 N–H and O–H groups in total. The Hall–Kier alpha value is -1.00. The molecule has 0 aromatic carbocycles. The lowest BCUT2D eigenvalue weighted by Gasteiger charge is -2.22. The van der Waals surface area contributed by atoms with Crippen LogP contribution in [0.5, 0.6) is 0 Å². The Labute approximate surface area is 70.8 Å². The lowest BCUT2D eigenvalue weighted by atomic mass is 10.0. The summed E-state index contributed by atoms with van der Waals surface area (Å²) in [5, 5.41) is 30.0. The van der Waals surface area contributed by atoms with E-state index in [9.17, 15) is 5.11 Å². The molecule has 1 aliphatic heterocycles. The van der Waals surface area contributed by atoms with Crippen molar-refractivity contribution in [2.75, 3.05) is 13.2 Å². The predicted molar refractivity (Wildman–Crippen MR) is 44.5 cm³/mol. The standard InChI is InChI=1S/C8H13NO3/c1-5-8(12)7(4-11)6(3-10)2-9-5/h2,5,9-12H,3-4H2,1H3. The third-order valence-corrected chi connectivity index (χ3v) is 1.94. The first-order valence-electron chi connectivity index (χ1n) is 3.80. The maximum Gasteiger partial charge on any atom is 0.120 e. The number of dihydropyridines is 1. The first-order chi connectivity index (χ1) is 5.70. The van der Waals surface area contributed by atoms with Gasteiger partial charge in [0.15, 0.2) is 0 Å². The van der Waals surface area contributed by atoms with Crippen molar-refractivity contribution in [3.05, 3.63) is 23.1 Å². The summed E-state index contributed by atoms with van der Waals surface area (Å²) in [6, 6.07) is -0.192. The molecule has 0 aromatic rings. The first kappa shape index (κ1) is 9.09. The lowest BCUT2D eigenvalue weighted by Crippen LogP contribution is -2.30. The summed E-state index contributed by atoms with van der Waals surface area (Å²) >= 11 is 0. The maximum atomic E-state index is 9.44. The van der Waals surface area contributed by atoms with Crippen LogP contribution in [0, 0.1) is 0 Å². The van der Waals surface area contributed by atoms with E-state index in [1.54, 1.807) is 13.1 Å². The van der Waals surface area contributed by atoms with E-state index in [-0.39, 0.29) is 25.0 Å². The molecule has 4 heteroatoms. The van der Waals surface area contributed by atoms with Crippen molar-refractivity contribution in [3.8, 4) is 0 Å². The molecule has 12 heavy (non-hydrogen) atoms. The van der Waals surface area contributed by atoms with Gasteiger partial charge in [0.05, 0.1) is 19.3 Å². The molecule has 0 amide bonds. The topological polar surface area (TPSA) is 72.7 Å². The highest BCUT2D eigenvalue weighted by Crippen LogP contribution is 2.18. The number of nitrogens with one attached hydrogen (secondary N) is 1. The molecule has 0 saturated carbocycles. The van der Waals surface area contributed by atoms with Crippen LogP contribution in [0.15, 0.2) is 23.1 Å². The summed E-state index contributed by atoms with van der Waals surface area (Å²) < 4.78 is 0. The highest BCUT2D eigenvalue weighted by Gasteiger charge is 2.19. The highest BCUT2D eigenvalue weighted by atomic mass is 16.3. The number of rotatable bonds is 2. The van der Waals surface area contributed by atoms with Gasteiger partial charge in [-0.15, -0.1) is 0 Å². The van der Waals surface area contributed by atoms with Crippen molar-refractivity contribution in [1.82, 2.24) is 5.32 Å². The van der Waals surface area contributed by atoms with Gasteiger partial charge in [-0.3, -0.25) is 0 Å². The second kappa shape index (κ2) is 3.60. The second-order valence-corrected chi connectivity index (χ2v) is 2.74. The molecule has 0 radical (unpaired) electrons. The molecule has 1 unspecified atom stereocenters. The number of aliphatic hydroxyl groups is 3. The quantitative estimate of drug-likeness (QED) is 0.458. The average molecular weight is 171 g/mol. The molecule has 0 spiro atoms. The van der Waals surface area contributed by atoms with E-state index in [4.69, 9.17) is 10.2 Å². The van der Waals surface area contributed by atoms with Crippen LogP contribution < -0.4 is 5.32 Å². The van der Waals surface area contributed by atoms with Crippen LogP contribution in [0.25, 0.3) is 0 Å². The van der Waals surface area contributed by atoms with Crippen LogP contribution in [-0.2, 0) is 0 Å². The van der Waals surface area contributed by atoms with Gasteiger partial charge in [-0.05, 0) is 6.92 Å². The van der Waals surface area contributed by atoms with Gasteiger partial charge in [-0.2, -0.15) is 0 Å². The number of aliphatic hydroxyl groups excluding tert-OH is 3. The van der Waals surface area contributed by atoms with E-state index in [0.29, 0.717) is 11.1 Å². The third kappa shape index (κ3) is 1.44.